The zero-order valence-electron chi connectivity index (χ0n) is 11.6. The fraction of sp³-hybridized carbons (Fsp3) is 0.188. The summed E-state index contributed by atoms with van der Waals surface area (Å²) in [5, 5.41) is 2.92. The number of rotatable bonds is 3. The molecule has 0 spiro atoms. The summed E-state index contributed by atoms with van der Waals surface area (Å²) in [5.41, 5.74) is 1.53. The quantitative estimate of drug-likeness (QED) is 0.864. The molecule has 2 aromatic carbocycles. The van der Waals surface area contributed by atoms with Crippen LogP contribution in [0.5, 0.6) is 0 Å². The van der Waals surface area contributed by atoms with E-state index >= 15 is 0 Å². The van der Waals surface area contributed by atoms with Crippen molar-refractivity contribution in [2.75, 3.05) is 5.32 Å². The summed E-state index contributed by atoms with van der Waals surface area (Å²) in [6.07, 6.45) is 0. The molecule has 0 saturated heterocycles. The number of anilines is 1. The van der Waals surface area contributed by atoms with Crippen LogP contribution in [-0.2, 0) is 0 Å². The normalized spacial score (nSPS) is 11.1. The molecule has 0 aromatic heterocycles. The molecule has 0 radical (unpaired) electrons. The third-order valence-corrected chi connectivity index (χ3v) is 7.38. The van der Waals surface area contributed by atoms with Crippen LogP contribution in [0, 0.1) is 0 Å². The third-order valence-electron chi connectivity index (χ3n) is 3.04. The number of benzene rings is 2. The van der Waals surface area contributed by atoms with Gasteiger partial charge in [-0.1, -0.05) is 0 Å². The van der Waals surface area contributed by atoms with Gasteiger partial charge in [0.05, 0.1) is 0 Å². The summed E-state index contributed by atoms with van der Waals surface area (Å²) in [5.74, 6) is 7.01. The number of hydrogen-bond acceptors (Lipinski definition) is 1. The Kier molecular flexibility index (Phi) is 4.10. The Morgan fingerprint density at radius 3 is 2.00 bits per heavy atom. The second kappa shape index (κ2) is 5.61. The molecule has 0 heterocycles. The van der Waals surface area contributed by atoms with Crippen LogP contribution in [0.15, 0.2) is 54.6 Å². The Bertz CT molecular complexity index is 556. The molecule has 0 saturated carbocycles. The average molecular weight is 314 g/mol. The minimum absolute atomic E-state index is 0.0642. The van der Waals surface area contributed by atoms with E-state index in [0.717, 1.165) is 5.69 Å². The van der Waals surface area contributed by atoms with E-state index < -0.39 is 13.3 Å². The van der Waals surface area contributed by atoms with Gasteiger partial charge in [0.2, 0.25) is 0 Å². The van der Waals surface area contributed by atoms with E-state index in [-0.39, 0.29) is 5.91 Å². The average Bonchev–Trinajstić information content (AvgIpc) is 2.39. The van der Waals surface area contributed by atoms with Crippen molar-refractivity contribution >= 4 is 29.3 Å². The number of amides is 1. The first kappa shape index (κ1) is 13.9. The number of carbonyl (C=O) groups excluding carboxylic acids is 1. The van der Waals surface area contributed by atoms with Crippen molar-refractivity contribution in [3.05, 3.63) is 60.2 Å². The molecule has 0 aliphatic carbocycles. The number of hydrogen-bond donors (Lipinski definition) is 1. The van der Waals surface area contributed by atoms with E-state index in [2.05, 4.69) is 34.7 Å². The van der Waals surface area contributed by atoms with Gasteiger partial charge in [0, 0.05) is 0 Å². The minimum atomic E-state index is -1.76. The van der Waals surface area contributed by atoms with Crippen molar-refractivity contribution in [1.29, 1.82) is 0 Å². The van der Waals surface area contributed by atoms with Gasteiger partial charge in [0.15, 0.2) is 0 Å². The van der Waals surface area contributed by atoms with E-state index in [1.54, 1.807) is 0 Å². The molecule has 0 aliphatic heterocycles. The SMILES string of the molecule is [CH3][Ge]([CH3])([CH3])[c]1ccc(NC(=O)c2ccccc2)cc1. The molecular formula is C16H19GeNO. The predicted molar refractivity (Wildman–Crippen MR) is 83.8 cm³/mol. The van der Waals surface area contributed by atoms with Gasteiger partial charge in [0.1, 0.15) is 0 Å². The Labute approximate surface area is 117 Å². The maximum atomic E-state index is 12.0. The van der Waals surface area contributed by atoms with Gasteiger partial charge in [-0.05, 0) is 0 Å². The Balaban J connectivity index is 2.10. The van der Waals surface area contributed by atoms with Crippen LogP contribution in [0.2, 0.25) is 17.3 Å². The second-order valence-electron chi connectivity index (χ2n) is 5.65. The molecule has 0 atom stereocenters. The van der Waals surface area contributed by atoms with Gasteiger partial charge in [-0.15, -0.1) is 0 Å². The molecule has 0 bridgehead atoms. The summed E-state index contributed by atoms with van der Waals surface area (Å²) in [6.45, 7) is 0. The van der Waals surface area contributed by atoms with Gasteiger partial charge >= 0.3 is 117 Å². The van der Waals surface area contributed by atoms with Crippen molar-refractivity contribution < 1.29 is 4.79 Å². The van der Waals surface area contributed by atoms with Crippen LogP contribution in [0.1, 0.15) is 10.4 Å². The molecule has 19 heavy (non-hydrogen) atoms. The van der Waals surface area contributed by atoms with Crippen molar-refractivity contribution in [2.24, 2.45) is 0 Å². The monoisotopic (exact) mass is 315 g/mol. The second-order valence-corrected chi connectivity index (χ2v) is 16.3. The fourth-order valence-corrected chi connectivity index (χ4v) is 4.29. The first-order valence-electron chi connectivity index (χ1n) is 6.44. The van der Waals surface area contributed by atoms with E-state index in [4.69, 9.17) is 0 Å². The van der Waals surface area contributed by atoms with Crippen LogP contribution in [-0.4, -0.2) is 19.2 Å². The number of nitrogens with one attached hydrogen (secondary N) is 1. The summed E-state index contributed by atoms with van der Waals surface area (Å²) in [6, 6.07) is 17.5. The van der Waals surface area contributed by atoms with Crippen molar-refractivity contribution in [3.63, 3.8) is 0 Å². The van der Waals surface area contributed by atoms with Gasteiger partial charge in [-0.2, -0.15) is 0 Å². The van der Waals surface area contributed by atoms with E-state index in [0.29, 0.717) is 5.56 Å². The Morgan fingerprint density at radius 1 is 0.895 bits per heavy atom. The van der Waals surface area contributed by atoms with Crippen LogP contribution in [0.3, 0.4) is 0 Å². The van der Waals surface area contributed by atoms with Crippen LogP contribution >= 0.6 is 0 Å². The van der Waals surface area contributed by atoms with Crippen LogP contribution in [0.25, 0.3) is 0 Å². The Morgan fingerprint density at radius 2 is 1.47 bits per heavy atom. The van der Waals surface area contributed by atoms with Crippen molar-refractivity contribution in [3.8, 4) is 0 Å². The fourth-order valence-electron chi connectivity index (χ4n) is 1.85. The molecule has 3 heteroatoms. The summed E-state index contributed by atoms with van der Waals surface area (Å²) in [7, 11) is 0. The topological polar surface area (TPSA) is 29.1 Å². The van der Waals surface area contributed by atoms with E-state index in [1.807, 2.05) is 42.5 Å². The van der Waals surface area contributed by atoms with Gasteiger partial charge in [0.25, 0.3) is 0 Å². The van der Waals surface area contributed by atoms with Crippen LogP contribution in [0.4, 0.5) is 5.69 Å². The molecule has 2 rings (SSSR count). The van der Waals surface area contributed by atoms with E-state index in [1.165, 1.54) is 4.40 Å². The summed E-state index contributed by atoms with van der Waals surface area (Å²) >= 11 is -1.76. The van der Waals surface area contributed by atoms with E-state index in [9.17, 15) is 4.79 Å². The maximum absolute atomic E-state index is 12.0. The molecule has 1 amide bonds. The summed E-state index contributed by atoms with van der Waals surface area (Å²) < 4.78 is 1.44. The van der Waals surface area contributed by atoms with Crippen LogP contribution < -0.4 is 9.71 Å². The van der Waals surface area contributed by atoms with Gasteiger partial charge < -0.3 is 0 Å². The predicted octanol–water partition coefficient (Wildman–Crippen LogP) is 3.48. The molecule has 0 aliphatic rings. The molecule has 2 nitrogen and oxygen atoms in total. The first-order chi connectivity index (χ1) is 8.97. The van der Waals surface area contributed by atoms with Gasteiger partial charge in [-0.3, -0.25) is 0 Å². The molecule has 0 unspecified atom stereocenters. The number of carbonyl (C=O) groups is 1. The molecule has 2 aromatic rings. The molecule has 1 N–H and O–H groups in total. The molecule has 98 valence electrons. The standard InChI is InChI=1S/C16H19GeNO/c1-17(2,3)14-9-11-15(12-10-14)18-16(19)13-7-5-4-6-8-13/h4-12H,1-3H3,(H,18,19). The molecule has 0 fully saturated rings. The summed E-state index contributed by atoms with van der Waals surface area (Å²) in [4.78, 5) is 12.0. The van der Waals surface area contributed by atoms with Gasteiger partial charge in [-0.25, -0.2) is 0 Å². The zero-order chi connectivity index (χ0) is 13.9. The Hall–Kier alpha value is -1.55. The molecular weight excluding hydrogens is 295 g/mol. The third kappa shape index (κ3) is 3.71. The van der Waals surface area contributed by atoms with Crippen molar-refractivity contribution in [1.82, 2.24) is 0 Å². The van der Waals surface area contributed by atoms with Crippen molar-refractivity contribution in [2.45, 2.75) is 17.3 Å². The first-order valence-corrected chi connectivity index (χ1v) is 13.8. The zero-order valence-corrected chi connectivity index (χ0v) is 13.7.